The van der Waals surface area contributed by atoms with Crippen molar-refractivity contribution in [3.05, 3.63) is 60.7 Å². The third-order valence-electron chi connectivity index (χ3n) is 3.04. The molecule has 23 heavy (non-hydrogen) atoms. The van der Waals surface area contributed by atoms with Crippen LogP contribution in [-0.2, 0) is 14.3 Å². The van der Waals surface area contributed by atoms with Crippen molar-refractivity contribution in [3.8, 4) is 0 Å². The molecule has 1 amide bonds. The Morgan fingerprint density at radius 2 is 1.65 bits per heavy atom. The Morgan fingerprint density at radius 1 is 1.04 bits per heavy atom. The summed E-state index contributed by atoms with van der Waals surface area (Å²) in [6.07, 6.45) is -0.549. The second-order valence-corrected chi connectivity index (χ2v) is 6.07. The molecular weight excluding hydrogens is 310 g/mol. The Bertz CT molecular complexity index is 631. The number of hydrogen-bond donors (Lipinski definition) is 1. The van der Waals surface area contributed by atoms with Crippen molar-refractivity contribution in [2.24, 2.45) is 0 Å². The van der Waals surface area contributed by atoms with Gasteiger partial charge in [0.2, 0.25) is 0 Å². The van der Waals surface area contributed by atoms with Gasteiger partial charge in [-0.2, -0.15) is 0 Å². The monoisotopic (exact) mass is 329 g/mol. The number of nitrogens with one attached hydrogen (secondary N) is 1. The minimum atomic E-state index is -0.815. The number of benzene rings is 2. The van der Waals surface area contributed by atoms with Gasteiger partial charge in [0.05, 0.1) is 6.42 Å². The van der Waals surface area contributed by atoms with E-state index in [9.17, 15) is 9.59 Å². The molecule has 0 saturated heterocycles. The van der Waals surface area contributed by atoms with Crippen LogP contribution in [0.1, 0.15) is 13.3 Å². The number of amides is 1. The summed E-state index contributed by atoms with van der Waals surface area (Å²) in [5, 5.41) is 2.71. The zero-order valence-electron chi connectivity index (χ0n) is 12.9. The molecule has 1 N–H and O–H groups in total. The normalized spacial score (nSPS) is 11.5. The summed E-state index contributed by atoms with van der Waals surface area (Å²) in [7, 11) is 0. The van der Waals surface area contributed by atoms with Crippen molar-refractivity contribution in [1.82, 2.24) is 0 Å². The van der Waals surface area contributed by atoms with E-state index in [-0.39, 0.29) is 18.3 Å². The number of carbonyl (C=O) groups excluding carboxylic acids is 2. The van der Waals surface area contributed by atoms with Crippen LogP contribution in [0.15, 0.2) is 65.6 Å². The molecule has 0 fully saturated rings. The Morgan fingerprint density at radius 3 is 2.30 bits per heavy atom. The van der Waals surface area contributed by atoms with Crippen LogP contribution in [0.4, 0.5) is 5.69 Å². The zero-order valence-corrected chi connectivity index (χ0v) is 13.7. The summed E-state index contributed by atoms with van der Waals surface area (Å²) in [5.41, 5.74) is 0.681. The molecule has 0 aliphatic rings. The highest BCUT2D eigenvalue weighted by Gasteiger charge is 2.17. The van der Waals surface area contributed by atoms with Crippen molar-refractivity contribution in [2.75, 3.05) is 11.1 Å². The van der Waals surface area contributed by atoms with Crippen LogP contribution < -0.4 is 5.32 Å². The molecule has 0 bridgehead atoms. The number of esters is 1. The fraction of sp³-hybridized carbons (Fsp3) is 0.222. The third kappa shape index (κ3) is 6.16. The topological polar surface area (TPSA) is 55.4 Å². The van der Waals surface area contributed by atoms with Gasteiger partial charge in [-0.25, -0.2) is 0 Å². The zero-order chi connectivity index (χ0) is 16.5. The summed E-state index contributed by atoms with van der Waals surface area (Å²) < 4.78 is 5.16. The average Bonchev–Trinajstić information content (AvgIpc) is 2.56. The first-order valence-electron chi connectivity index (χ1n) is 7.38. The van der Waals surface area contributed by atoms with Crippen molar-refractivity contribution in [1.29, 1.82) is 0 Å². The molecule has 4 nitrogen and oxygen atoms in total. The first kappa shape index (κ1) is 17.1. The standard InChI is InChI=1S/C18H19NO3S/c1-14(18(21)19-15-8-4-2-5-9-15)22-17(20)12-13-23-16-10-6-3-7-11-16/h2-11,14H,12-13H2,1H3,(H,19,21)/t14-/m0/s1. The van der Waals surface area contributed by atoms with E-state index < -0.39 is 6.10 Å². The molecule has 120 valence electrons. The Hall–Kier alpha value is -2.27. The van der Waals surface area contributed by atoms with Crippen LogP contribution in [0.3, 0.4) is 0 Å². The van der Waals surface area contributed by atoms with Crippen LogP contribution in [0.5, 0.6) is 0 Å². The Labute approximate surface area is 140 Å². The molecule has 2 rings (SSSR count). The predicted molar refractivity (Wildman–Crippen MR) is 92.4 cm³/mol. The summed E-state index contributed by atoms with van der Waals surface area (Å²) >= 11 is 1.59. The summed E-state index contributed by atoms with van der Waals surface area (Å²) in [5.74, 6) is -0.0834. The van der Waals surface area contributed by atoms with Gasteiger partial charge in [0.25, 0.3) is 5.91 Å². The highest BCUT2D eigenvalue weighted by Crippen LogP contribution is 2.18. The molecular formula is C18H19NO3S. The van der Waals surface area contributed by atoms with Gasteiger partial charge in [-0.15, -0.1) is 11.8 Å². The molecule has 5 heteroatoms. The highest BCUT2D eigenvalue weighted by atomic mass is 32.2. The molecule has 0 aliphatic carbocycles. The lowest BCUT2D eigenvalue weighted by molar-refractivity contribution is -0.152. The van der Waals surface area contributed by atoms with E-state index in [1.807, 2.05) is 48.5 Å². The van der Waals surface area contributed by atoms with Gasteiger partial charge in [-0.05, 0) is 31.2 Å². The van der Waals surface area contributed by atoms with E-state index in [0.717, 1.165) is 4.90 Å². The lowest BCUT2D eigenvalue weighted by Crippen LogP contribution is -2.30. The lowest BCUT2D eigenvalue weighted by atomic mass is 10.3. The second-order valence-electron chi connectivity index (χ2n) is 4.90. The molecule has 0 aliphatic heterocycles. The average molecular weight is 329 g/mol. The van der Waals surface area contributed by atoms with Crippen LogP contribution in [-0.4, -0.2) is 23.7 Å². The van der Waals surface area contributed by atoms with Gasteiger partial charge in [-0.1, -0.05) is 36.4 Å². The SMILES string of the molecule is C[C@H](OC(=O)CCSc1ccccc1)C(=O)Nc1ccccc1. The van der Waals surface area contributed by atoms with Gasteiger partial charge in [-0.3, -0.25) is 9.59 Å². The molecule has 1 atom stereocenters. The van der Waals surface area contributed by atoms with Crippen LogP contribution >= 0.6 is 11.8 Å². The van der Waals surface area contributed by atoms with Gasteiger partial charge in [0.15, 0.2) is 6.10 Å². The van der Waals surface area contributed by atoms with E-state index in [2.05, 4.69) is 5.32 Å². The number of hydrogen-bond acceptors (Lipinski definition) is 4. The molecule has 2 aromatic rings. The second kappa shape index (κ2) is 9.00. The molecule has 0 radical (unpaired) electrons. The number of rotatable bonds is 7. The Balaban J connectivity index is 1.70. The van der Waals surface area contributed by atoms with E-state index >= 15 is 0 Å². The van der Waals surface area contributed by atoms with E-state index in [1.165, 1.54) is 0 Å². The third-order valence-corrected chi connectivity index (χ3v) is 4.05. The molecule has 2 aromatic carbocycles. The number of ether oxygens (including phenoxy) is 1. The largest absolute Gasteiger partial charge is 0.453 e. The van der Waals surface area contributed by atoms with E-state index in [4.69, 9.17) is 4.74 Å². The van der Waals surface area contributed by atoms with Crippen LogP contribution in [0.2, 0.25) is 0 Å². The smallest absolute Gasteiger partial charge is 0.307 e. The molecule has 0 aromatic heterocycles. The van der Waals surface area contributed by atoms with Gasteiger partial charge in [0.1, 0.15) is 0 Å². The minimum absolute atomic E-state index is 0.266. The number of para-hydroxylation sites is 1. The fourth-order valence-electron chi connectivity index (χ4n) is 1.84. The first-order chi connectivity index (χ1) is 11.1. The van der Waals surface area contributed by atoms with E-state index in [0.29, 0.717) is 11.4 Å². The summed E-state index contributed by atoms with van der Waals surface area (Å²) in [6.45, 7) is 1.57. The van der Waals surface area contributed by atoms with Crippen molar-refractivity contribution in [2.45, 2.75) is 24.3 Å². The molecule has 0 unspecified atom stereocenters. The fourth-order valence-corrected chi connectivity index (χ4v) is 2.70. The minimum Gasteiger partial charge on any atom is -0.453 e. The maximum absolute atomic E-state index is 11.9. The van der Waals surface area contributed by atoms with Crippen molar-refractivity contribution < 1.29 is 14.3 Å². The number of carbonyl (C=O) groups is 2. The van der Waals surface area contributed by atoms with Crippen molar-refractivity contribution >= 4 is 29.3 Å². The van der Waals surface area contributed by atoms with Crippen LogP contribution in [0.25, 0.3) is 0 Å². The number of anilines is 1. The summed E-state index contributed by atoms with van der Waals surface area (Å²) in [6, 6.07) is 18.9. The first-order valence-corrected chi connectivity index (χ1v) is 8.37. The van der Waals surface area contributed by atoms with Gasteiger partial charge >= 0.3 is 5.97 Å². The maximum Gasteiger partial charge on any atom is 0.307 e. The van der Waals surface area contributed by atoms with Crippen LogP contribution in [0, 0.1) is 0 Å². The maximum atomic E-state index is 11.9. The summed E-state index contributed by atoms with van der Waals surface area (Å²) in [4.78, 5) is 24.8. The lowest BCUT2D eigenvalue weighted by Gasteiger charge is -2.13. The predicted octanol–water partition coefficient (Wildman–Crippen LogP) is 3.74. The van der Waals surface area contributed by atoms with E-state index in [1.54, 1.807) is 30.8 Å². The van der Waals surface area contributed by atoms with Gasteiger partial charge < -0.3 is 10.1 Å². The molecule has 0 heterocycles. The molecule has 0 saturated carbocycles. The Kier molecular flexibility index (Phi) is 6.69. The quantitative estimate of drug-likeness (QED) is 0.621. The highest BCUT2D eigenvalue weighted by molar-refractivity contribution is 7.99. The van der Waals surface area contributed by atoms with Crippen molar-refractivity contribution in [3.63, 3.8) is 0 Å². The van der Waals surface area contributed by atoms with Gasteiger partial charge in [0, 0.05) is 16.3 Å². The molecule has 0 spiro atoms. The number of thioether (sulfide) groups is 1.